The van der Waals surface area contributed by atoms with Crippen molar-refractivity contribution in [3.63, 3.8) is 0 Å². The summed E-state index contributed by atoms with van der Waals surface area (Å²) in [5.74, 6) is 0.560. The number of nitrogens with two attached hydrogens (primary N) is 1. The van der Waals surface area contributed by atoms with E-state index < -0.39 is 0 Å². The van der Waals surface area contributed by atoms with Crippen LogP contribution in [0.3, 0.4) is 0 Å². The molecule has 4 heteroatoms. The van der Waals surface area contributed by atoms with Crippen LogP contribution in [0.25, 0.3) is 0 Å². The van der Waals surface area contributed by atoms with E-state index in [1.165, 1.54) is 29.8 Å². The number of halogens is 2. The van der Waals surface area contributed by atoms with Gasteiger partial charge >= 0.3 is 0 Å². The van der Waals surface area contributed by atoms with Gasteiger partial charge in [0.15, 0.2) is 0 Å². The van der Waals surface area contributed by atoms with Crippen LogP contribution in [-0.2, 0) is 6.54 Å². The van der Waals surface area contributed by atoms with Gasteiger partial charge in [-0.15, -0.1) is 0 Å². The van der Waals surface area contributed by atoms with Crippen LogP contribution in [0.15, 0.2) is 72.8 Å². The van der Waals surface area contributed by atoms with Gasteiger partial charge in [-0.1, -0.05) is 36.4 Å². The van der Waals surface area contributed by atoms with Crippen molar-refractivity contribution < 1.29 is 18.8 Å². The number of quaternary nitrogens is 1. The Kier molecular flexibility index (Phi) is 6.55. The Hall–Kier alpha value is -2.72. The maximum Gasteiger partial charge on any atom is 0.123 e. The maximum absolute atomic E-state index is 13.3. The molecule has 3 aromatic carbocycles. The van der Waals surface area contributed by atoms with Gasteiger partial charge in [0.2, 0.25) is 0 Å². The highest BCUT2D eigenvalue weighted by Crippen LogP contribution is 2.29. The predicted octanol–water partition coefficient (Wildman–Crippen LogP) is 4.26. The summed E-state index contributed by atoms with van der Waals surface area (Å²) in [5.41, 5.74) is 3.37. The molecule has 0 saturated heterocycles. The van der Waals surface area contributed by atoms with Gasteiger partial charge in [0.25, 0.3) is 0 Å². The van der Waals surface area contributed by atoms with E-state index in [-0.39, 0.29) is 17.6 Å². The lowest BCUT2D eigenvalue weighted by Gasteiger charge is -2.18. The first-order valence-electron chi connectivity index (χ1n) is 9.11. The van der Waals surface area contributed by atoms with Gasteiger partial charge in [0.1, 0.15) is 23.9 Å². The molecular formula is C23H24F2NO+. The van der Waals surface area contributed by atoms with Crippen LogP contribution in [0.5, 0.6) is 5.75 Å². The molecule has 0 fully saturated rings. The molecule has 0 aromatic heterocycles. The first kappa shape index (κ1) is 19.1. The number of hydrogen-bond donors (Lipinski definition) is 1. The van der Waals surface area contributed by atoms with Gasteiger partial charge < -0.3 is 10.1 Å². The Bertz CT molecular complexity index is 830. The Morgan fingerprint density at radius 1 is 0.778 bits per heavy atom. The van der Waals surface area contributed by atoms with E-state index in [2.05, 4.69) is 17.4 Å². The maximum atomic E-state index is 13.3. The summed E-state index contributed by atoms with van der Waals surface area (Å²) < 4.78 is 31.6. The molecule has 2 nitrogen and oxygen atoms in total. The van der Waals surface area contributed by atoms with Gasteiger partial charge in [-0.2, -0.15) is 0 Å². The normalized spacial score (nSPS) is 12.0. The summed E-state index contributed by atoms with van der Waals surface area (Å²) in [7, 11) is 1.65. The van der Waals surface area contributed by atoms with E-state index in [4.69, 9.17) is 4.74 Å². The lowest BCUT2D eigenvalue weighted by atomic mass is 9.88. The number of ether oxygens (including phenoxy) is 1. The number of benzene rings is 3. The predicted molar refractivity (Wildman–Crippen MR) is 103 cm³/mol. The molecule has 0 heterocycles. The van der Waals surface area contributed by atoms with E-state index in [1.54, 1.807) is 7.11 Å². The highest BCUT2D eigenvalue weighted by molar-refractivity contribution is 5.36. The SMILES string of the molecule is COc1ccc([C@H](CC[NH2+]Cc2ccc(F)cc2)c2ccc(F)cc2)cc1. The molecule has 0 aliphatic carbocycles. The van der Waals surface area contributed by atoms with Crippen LogP contribution < -0.4 is 10.1 Å². The minimum Gasteiger partial charge on any atom is -0.497 e. The third-order valence-electron chi connectivity index (χ3n) is 4.74. The lowest BCUT2D eigenvalue weighted by molar-refractivity contribution is -0.671. The molecule has 27 heavy (non-hydrogen) atoms. The van der Waals surface area contributed by atoms with E-state index in [0.717, 1.165) is 36.4 Å². The van der Waals surface area contributed by atoms with Crippen molar-refractivity contribution in [3.8, 4) is 5.75 Å². The van der Waals surface area contributed by atoms with Gasteiger partial charge in [-0.25, -0.2) is 8.78 Å². The topological polar surface area (TPSA) is 25.8 Å². The number of hydrogen-bond acceptors (Lipinski definition) is 1. The van der Waals surface area contributed by atoms with E-state index in [9.17, 15) is 8.78 Å². The Balaban J connectivity index is 1.67. The van der Waals surface area contributed by atoms with Crippen molar-refractivity contribution in [3.05, 3.63) is 101 Å². The minimum atomic E-state index is -0.227. The molecule has 140 valence electrons. The van der Waals surface area contributed by atoms with Crippen molar-refractivity contribution in [2.75, 3.05) is 13.7 Å². The van der Waals surface area contributed by atoms with Crippen molar-refractivity contribution in [1.82, 2.24) is 0 Å². The molecule has 0 spiro atoms. The number of rotatable bonds is 8. The van der Waals surface area contributed by atoms with Crippen LogP contribution in [-0.4, -0.2) is 13.7 Å². The largest absolute Gasteiger partial charge is 0.497 e. The second-order valence-corrected chi connectivity index (χ2v) is 6.57. The summed E-state index contributed by atoms with van der Waals surface area (Å²) in [6.45, 7) is 1.71. The second kappa shape index (κ2) is 9.28. The fourth-order valence-electron chi connectivity index (χ4n) is 3.23. The molecule has 0 radical (unpaired) electrons. The highest BCUT2D eigenvalue weighted by Gasteiger charge is 2.15. The van der Waals surface area contributed by atoms with Crippen LogP contribution >= 0.6 is 0 Å². The molecular weight excluding hydrogens is 344 g/mol. The summed E-state index contributed by atoms with van der Waals surface area (Å²) in [6.07, 6.45) is 0.916. The molecule has 0 aliphatic heterocycles. The molecule has 0 aliphatic rings. The molecule has 0 bridgehead atoms. The number of methoxy groups -OCH3 is 1. The zero-order valence-electron chi connectivity index (χ0n) is 15.4. The van der Waals surface area contributed by atoms with Gasteiger partial charge in [0, 0.05) is 17.9 Å². The van der Waals surface area contributed by atoms with Crippen molar-refractivity contribution in [2.24, 2.45) is 0 Å². The Morgan fingerprint density at radius 3 is 1.85 bits per heavy atom. The molecule has 1 atom stereocenters. The fourth-order valence-corrected chi connectivity index (χ4v) is 3.23. The molecule has 2 N–H and O–H groups in total. The first-order valence-corrected chi connectivity index (χ1v) is 9.11. The first-order chi connectivity index (χ1) is 13.2. The third kappa shape index (κ3) is 5.38. The molecule has 0 amide bonds. The van der Waals surface area contributed by atoms with Crippen molar-refractivity contribution in [1.29, 1.82) is 0 Å². The second-order valence-electron chi connectivity index (χ2n) is 6.57. The smallest absolute Gasteiger partial charge is 0.123 e. The molecule has 3 aromatic rings. The van der Waals surface area contributed by atoms with Gasteiger partial charge in [-0.05, 0) is 47.5 Å². The van der Waals surface area contributed by atoms with E-state index in [1.807, 2.05) is 36.4 Å². The van der Waals surface area contributed by atoms with E-state index in [0.29, 0.717) is 0 Å². The lowest BCUT2D eigenvalue weighted by Crippen LogP contribution is -2.82. The Morgan fingerprint density at radius 2 is 1.30 bits per heavy atom. The quantitative estimate of drug-likeness (QED) is 0.591. The minimum absolute atomic E-state index is 0.181. The van der Waals surface area contributed by atoms with E-state index >= 15 is 0 Å². The van der Waals surface area contributed by atoms with Gasteiger partial charge in [-0.3, -0.25) is 0 Å². The van der Waals surface area contributed by atoms with Crippen LogP contribution in [0.1, 0.15) is 29.0 Å². The monoisotopic (exact) mass is 368 g/mol. The molecule has 0 saturated carbocycles. The average Bonchev–Trinajstić information content (AvgIpc) is 2.70. The summed E-state index contributed by atoms with van der Waals surface area (Å²) in [5, 5.41) is 2.22. The fraction of sp³-hybridized carbons (Fsp3) is 0.217. The Labute approximate surface area is 158 Å². The highest BCUT2D eigenvalue weighted by atomic mass is 19.1. The van der Waals surface area contributed by atoms with Crippen LogP contribution in [0, 0.1) is 11.6 Å². The summed E-state index contributed by atoms with van der Waals surface area (Å²) >= 11 is 0. The van der Waals surface area contributed by atoms with Crippen molar-refractivity contribution >= 4 is 0 Å². The average molecular weight is 368 g/mol. The molecule has 3 rings (SSSR count). The third-order valence-corrected chi connectivity index (χ3v) is 4.74. The molecule has 0 unspecified atom stereocenters. The summed E-state index contributed by atoms with van der Waals surface area (Å²) in [6, 6.07) is 21.3. The van der Waals surface area contributed by atoms with Crippen molar-refractivity contribution in [2.45, 2.75) is 18.9 Å². The zero-order chi connectivity index (χ0) is 19.1. The zero-order valence-corrected chi connectivity index (χ0v) is 15.4. The van der Waals surface area contributed by atoms with Crippen LogP contribution in [0.4, 0.5) is 8.78 Å². The standard InChI is InChI=1S/C23H23F2NO/c1-27-22-12-6-19(7-13-22)23(18-4-10-21(25)11-5-18)14-15-26-16-17-2-8-20(24)9-3-17/h2-13,23,26H,14-16H2,1H3/p+1/t23-/m1/s1. The summed E-state index contributed by atoms with van der Waals surface area (Å²) in [4.78, 5) is 0. The van der Waals surface area contributed by atoms with Crippen LogP contribution in [0.2, 0.25) is 0 Å². The van der Waals surface area contributed by atoms with Gasteiger partial charge in [0.05, 0.1) is 13.7 Å².